The fraction of sp³-hybridized carbons (Fsp3) is 0.474. The van der Waals surface area contributed by atoms with E-state index in [1.54, 1.807) is 18.2 Å². The maximum absolute atomic E-state index is 11.9. The van der Waals surface area contributed by atoms with Crippen molar-refractivity contribution in [2.24, 2.45) is 0 Å². The van der Waals surface area contributed by atoms with Gasteiger partial charge >= 0.3 is 5.97 Å². The second-order valence-electron chi connectivity index (χ2n) is 6.32. The second kappa shape index (κ2) is 8.11. The summed E-state index contributed by atoms with van der Waals surface area (Å²) in [5, 5.41) is 2.94. The van der Waals surface area contributed by atoms with E-state index in [4.69, 9.17) is 9.47 Å². The normalized spacial score (nSPS) is 20.8. The number of amides is 1. The summed E-state index contributed by atoms with van der Waals surface area (Å²) in [6, 6.07) is 7.50. The molecule has 128 valence electrons. The van der Waals surface area contributed by atoms with Crippen LogP contribution < -0.4 is 5.32 Å². The monoisotopic (exact) mass is 329 g/mol. The number of hydrogen-bond acceptors (Lipinski definition) is 4. The Hall–Kier alpha value is -2.14. The molecule has 0 aromatic heterocycles. The lowest BCUT2D eigenvalue weighted by molar-refractivity contribution is -0.143. The van der Waals surface area contributed by atoms with E-state index in [2.05, 4.69) is 5.32 Å². The number of esters is 1. The summed E-state index contributed by atoms with van der Waals surface area (Å²) in [4.78, 5) is 23.6. The van der Waals surface area contributed by atoms with Gasteiger partial charge in [-0.1, -0.05) is 12.1 Å². The molecule has 2 fully saturated rings. The standard InChI is InChI=1S/C19H23NO4/c21-18(24-13-17-3-1-2-12-23-17)11-6-14-4-7-15(8-5-14)19(22)20-16-9-10-16/h4-8,11,16-17H,1-3,9-10,12-13H2,(H,20,22)/b11-6+. The van der Waals surface area contributed by atoms with Crippen molar-refractivity contribution in [1.29, 1.82) is 0 Å². The highest BCUT2D eigenvalue weighted by Crippen LogP contribution is 2.19. The van der Waals surface area contributed by atoms with Gasteiger partial charge in [0.25, 0.3) is 5.91 Å². The zero-order chi connectivity index (χ0) is 16.8. The van der Waals surface area contributed by atoms with Crippen LogP contribution in [0.3, 0.4) is 0 Å². The summed E-state index contributed by atoms with van der Waals surface area (Å²) in [6.07, 6.45) is 8.41. The van der Waals surface area contributed by atoms with Crippen molar-refractivity contribution in [2.75, 3.05) is 13.2 Å². The number of hydrogen-bond donors (Lipinski definition) is 1. The van der Waals surface area contributed by atoms with E-state index in [0.717, 1.165) is 44.3 Å². The van der Waals surface area contributed by atoms with Crippen LogP contribution >= 0.6 is 0 Å². The molecule has 5 heteroatoms. The average Bonchev–Trinajstić information content (AvgIpc) is 3.43. The summed E-state index contributed by atoms with van der Waals surface area (Å²) < 4.78 is 10.7. The molecule has 0 spiro atoms. The molecule has 1 saturated carbocycles. The number of ether oxygens (including phenoxy) is 2. The number of carbonyl (C=O) groups is 2. The van der Waals surface area contributed by atoms with Gasteiger partial charge in [0.1, 0.15) is 6.61 Å². The van der Waals surface area contributed by atoms with Crippen LogP contribution in [0.15, 0.2) is 30.3 Å². The van der Waals surface area contributed by atoms with Crippen molar-refractivity contribution >= 4 is 18.0 Å². The molecule has 0 radical (unpaired) electrons. The molecule has 1 amide bonds. The smallest absolute Gasteiger partial charge is 0.330 e. The summed E-state index contributed by atoms with van der Waals surface area (Å²) in [7, 11) is 0. The molecule has 0 bridgehead atoms. The first-order valence-corrected chi connectivity index (χ1v) is 8.58. The van der Waals surface area contributed by atoms with E-state index in [0.29, 0.717) is 18.2 Å². The van der Waals surface area contributed by atoms with Crippen molar-refractivity contribution in [2.45, 2.75) is 44.2 Å². The van der Waals surface area contributed by atoms with Gasteiger partial charge in [-0.3, -0.25) is 4.79 Å². The van der Waals surface area contributed by atoms with Gasteiger partial charge in [0.15, 0.2) is 0 Å². The van der Waals surface area contributed by atoms with Crippen LogP contribution in [-0.4, -0.2) is 37.2 Å². The van der Waals surface area contributed by atoms with Crippen LogP contribution in [0.2, 0.25) is 0 Å². The Kier molecular flexibility index (Phi) is 5.64. The van der Waals surface area contributed by atoms with Gasteiger partial charge in [0.05, 0.1) is 6.10 Å². The largest absolute Gasteiger partial charge is 0.460 e. The zero-order valence-corrected chi connectivity index (χ0v) is 13.7. The Labute approximate surface area is 142 Å². The summed E-state index contributed by atoms with van der Waals surface area (Å²) in [5.41, 5.74) is 1.49. The Morgan fingerprint density at radius 1 is 1.17 bits per heavy atom. The molecule has 5 nitrogen and oxygen atoms in total. The van der Waals surface area contributed by atoms with Gasteiger partial charge in [0.2, 0.25) is 0 Å². The molecular formula is C19H23NO4. The minimum atomic E-state index is -0.375. The highest BCUT2D eigenvalue weighted by molar-refractivity contribution is 5.95. The fourth-order valence-electron chi connectivity index (χ4n) is 2.57. The molecule has 1 N–H and O–H groups in total. The lowest BCUT2D eigenvalue weighted by Gasteiger charge is -2.21. The molecule has 2 aliphatic rings. The quantitative estimate of drug-likeness (QED) is 0.644. The highest BCUT2D eigenvalue weighted by atomic mass is 16.6. The Balaban J connectivity index is 1.44. The van der Waals surface area contributed by atoms with E-state index in [-0.39, 0.29) is 18.0 Å². The Morgan fingerprint density at radius 2 is 1.96 bits per heavy atom. The average molecular weight is 329 g/mol. The van der Waals surface area contributed by atoms with Crippen LogP contribution in [0.25, 0.3) is 6.08 Å². The molecule has 1 aromatic rings. The van der Waals surface area contributed by atoms with E-state index < -0.39 is 0 Å². The zero-order valence-electron chi connectivity index (χ0n) is 13.7. The molecule has 1 unspecified atom stereocenters. The number of benzene rings is 1. The van der Waals surface area contributed by atoms with Crippen molar-refractivity contribution in [3.05, 3.63) is 41.5 Å². The molecule has 1 aliphatic carbocycles. The summed E-state index contributed by atoms with van der Waals surface area (Å²) in [6.45, 7) is 1.06. The third-order valence-electron chi connectivity index (χ3n) is 4.18. The molecule has 1 atom stereocenters. The topological polar surface area (TPSA) is 64.6 Å². The number of nitrogens with one attached hydrogen (secondary N) is 1. The molecule has 24 heavy (non-hydrogen) atoms. The maximum atomic E-state index is 11.9. The fourth-order valence-corrected chi connectivity index (χ4v) is 2.57. The molecule has 3 rings (SSSR count). The van der Waals surface area contributed by atoms with Gasteiger partial charge in [-0.25, -0.2) is 4.79 Å². The first-order valence-electron chi connectivity index (χ1n) is 8.58. The van der Waals surface area contributed by atoms with E-state index >= 15 is 0 Å². The van der Waals surface area contributed by atoms with Crippen molar-refractivity contribution < 1.29 is 19.1 Å². The predicted molar refractivity (Wildman–Crippen MR) is 90.5 cm³/mol. The van der Waals surface area contributed by atoms with Crippen LogP contribution in [0, 0.1) is 0 Å². The molecule has 1 saturated heterocycles. The first-order chi connectivity index (χ1) is 11.7. The van der Waals surface area contributed by atoms with Crippen molar-refractivity contribution in [3.63, 3.8) is 0 Å². The lowest BCUT2D eigenvalue weighted by Crippen LogP contribution is -2.25. The first kappa shape index (κ1) is 16.7. The predicted octanol–water partition coefficient (Wildman–Crippen LogP) is 2.70. The van der Waals surface area contributed by atoms with E-state index in [1.165, 1.54) is 6.08 Å². The van der Waals surface area contributed by atoms with Crippen molar-refractivity contribution in [1.82, 2.24) is 5.32 Å². The van der Waals surface area contributed by atoms with Gasteiger partial charge in [0, 0.05) is 24.3 Å². The van der Waals surface area contributed by atoms with Gasteiger partial charge in [-0.15, -0.1) is 0 Å². The summed E-state index contributed by atoms with van der Waals surface area (Å²) >= 11 is 0. The van der Waals surface area contributed by atoms with E-state index in [1.807, 2.05) is 12.1 Å². The van der Waals surface area contributed by atoms with Gasteiger partial charge < -0.3 is 14.8 Å². The number of rotatable bonds is 6. The molecular weight excluding hydrogens is 306 g/mol. The van der Waals surface area contributed by atoms with Crippen molar-refractivity contribution in [3.8, 4) is 0 Å². The van der Waals surface area contributed by atoms with Gasteiger partial charge in [-0.05, 0) is 55.9 Å². The molecule has 1 aromatic carbocycles. The van der Waals surface area contributed by atoms with Crippen LogP contribution in [0.4, 0.5) is 0 Å². The van der Waals surface area contributed by atoms with Crippen LogP contribution in [0.5, 0.6) is 0 Å². The maximum Gasteiger partial charge on any atom is 0.330 e. The second-order valence-corrected chi connectivity index (χ2v) is 6.32. The Morgan fingerprint density at radius 3 is 2.62 bits per heavy atom. The molecule has 1 heterocycles. The van der Waals surface area contributed by atoms with Crippen LogP contribution in [-0.2, 0) is 14.3 Å². The third-order valence-corrected chi connectivity index (χ3v) is 4.18. The van der Waals surface area contributed by atoms with E-state index in [9.17, 15) is 9.59 Å². The summed E-state index contributed by atoms with van der Waals surface area (Å²) in [5.74, 6) is -0.417. The highest BCUT2D eigenvalue weighted by Gasteiger charge is 2.23. The minimum Gasteiger partial charge on any atom is -0.460 e. The minimum absolute atomic E-state index is 0.0281. The SMILES string of the molecule is O=C(/C=C/c1ccc(C(=O)NC2CC2)cc1)OCC1CCCCO1. The third kappa shape index (κ3) is 5.20. The Bertz CT molecular complexity index is 598. The van der Waals surface area contributed by atoms with Crippen LogP contribution in [0.1, 0.15) is 48.0 Å². The van der Waals surface area contributed by atoms with Gasteiger partial charge in [-0.2, -0.15) is 0 Å². The number of carbonyl (C=O) groups excluding carboxylic acids is 2. The molecule has 1 aliphatic heterocycles. The lowest BCUT2D eigenvalue weighted by atomic mass is 10.1.